The first kappa shape index (κ1) is 13.5. The van der Waals surface area contributed by atoms with Crippen LogP contribution in [0.15, 0.2) is 30.3 Å². The molecule has 0 fully saturated rings. The van der Waals surface area contributed by atoms with Crippen molar-refractivity contribution in [2.75, 3.05) is 5.32 Å². The van der Waals surface area contributed by atoms with Crippen molar-refractivity contribution >= 4 is 23.1 Å². The molecule has 1 aromatic heterocycles. The predicted molar refractivity (Wildman–Crippen MR) is 68.1 cm³/mol. The Kier molecular flexibility index (Phi) is 4.11. The van der Waals surface area contributed by atoms with Gasteiger partial charge in [-0.3, -0.25) is 0 Å². The number of benzene rings is 1. The van der Waals surface area contributed by atoms with Crippen molar-refractivity contribution in [1.29, 1.82) is 0 Å². The van der Waals surface area contributed by atoms with E-state index in [0.29, 0.717) is 17.2 Å². The minimum Gasteiger partial charge on any atom is -0.433 e. The Morgan fingerprint density at radius 3 is 2.68 bits per heavy atom. The second-order valence-corrected chi connectivity index (χ2v) is 4.00. The molecule has 0 bridgehead atoms. The van der Waals surface area contributed by atoms with Crippen LogP contribution < -0.4 is 10.1 Å². The first-order valence-corrected chi connectivity index (χ1v) is 5.74. The third-order valence-corrected chi connectivity index (χ3v) is 2.36. The van der Waals surface area contributed by atoms with E-state index < -0.39 is 6.61 Å². The molecule has 0 saturated carbocycles. The van der Waals surface area contributed by atoms with Gasteiger partial charge in [-0.1, -0.05) is 12.1 Å². The lowest BCUT2D eigenvalue weighted by atomic mass is 10.3. The maximum absolute atomic E-state index is 12.3. The molecule has 7 heteroatoms. The van der Waals surface area contributed by atoms with E-state index in [-0.39, 0.29) is 11.0 Å². The number of para-hydroxylation sites is 2. The molecule has 4 nitrogen and oxygen atoms in total. The van der Waals surface area contributed by atoms with Crippen molar-refractivity contribution in [2.45, 2.75) is 13.5 Å². The van der Waals surface area contributed by atoms with Crippen molar-refractivity contribution in [2.24, 2.45) is 0 Å². The average Bonchev–Trinajstić information content (AvgIpc) is 2.29. The van der Waals surface area contributed by atoms with Gasteiger partial charge < -0.3 is 10.1 Å². The van der Waals surface area contributed by atoms with Gasteiger partial charge in [0.05, 0.1) is 5.69 Å². The van der Waals surface area contributed by atoms with E-state index in [0.717, 1.165) is 0 Å². The number of hydrogen-bond acceptors (Lipinski definition) is 4. The molecule has 0 aliphatic carbocycles. The van der Waals surface area contributed by atoms with Crippen LogP contribution in [0.3, 0.4) is 0 Å². The molecule has 0 radical (unpaired) electrons. The SMILES string of the molecule is Cc1cc(Nc2ccccc2OC(F)F)nc(Cl)n1. The maximum Gasteiger partial charge on any atom is 0.387 e. The van der Waals surface area contributed by atoms with E-state index in [1.807, 2.05) is 0 Å². The van der Waals surface area contributed by atoms with Crippen molar-refractivity contribution in [3.05, 3.63) is 41.3 Å². The van der Waals surface area contributed by atoms with E-state index in [2.05, 4.69) is 20.0 Å². The van der Waals surface area contributed by atoms with Crippen molar-refractivity contribution in [3.8, 4) is 5.75 Å². The number of ether oxygens (including phenoxy) is 1. The molecule has 100 valence electrons. The molecule has 0 saturated heterocycles. The van der Waals surface area contributed by atoms with Gasteiger partial charge in [0, 0.05) is 11.8 Å². The third-order valence-electron chi connectivity index (χ3n) is 2.19. The molecule has 1 N–H and O–H groups in total. The molecule has 0 spiro atoms. The molecule has 1 heterocycles. The van der Waals surface area contributed by atoms with Gasteiger partial charge >= 0.3 is 6.61 Å². The Balaban J connectivity index is 2.27. The summed E-state index contributed by atoms with van der Waals surface area (Å²) in [7, 11) is 0. The minimum atomic E-state index is -2.89. The number of hydrogen-bond donors (Lipinski definition) is 1. The van der Waals surface area contributed by atoms with Crippen LogP contribution in [-0.2, 0) is 0 Å². The zero-order valence-electron chi connectivity index (χ0n) is 9.90. The van der Waals surface area contributed by atoms with Crippen molar-refractivity contribution < 1.29 is 13.5 Å². The number of anilines is 2. The second-order valence-electron chi connectivity index (χ2n) is 3.66. The lowest BCUT2D eigenvalue weighted by Crippen LogP contribution is -2.05. The molecule has 0 atom stereocenters. The van der Waals surface area contributed by atoms with Crippen LogP contribution in [0.25, 0.3) is 0 Å². The highest BCUT2D eigenvalue weighted by molar-refractivity contribution is 6.28. The molecule has 0 aliphatic heterocycles. The summed E-state index contributed by atoms with van der Waals surface area (Å²) >= 11 is 5.73. The quantitative estimate of drug-likeness (QED) is 0.868. The van der Waals surface area contributed by atoms with E-state index in [1.165, 1.54) is 6.07 Å². The van der Waals surface area contributed by atoms with E-state index in [9.17, 15) is 8.78 Å². The highest BCUT2D eigenvalue weighted by Gasteiger charge is 2.10. The fourth-order valence-corrected chi connectivity index (χ4v) is 1.73. The first-order chi connectivity index (χ1) is 9.04. The summed E-state index contributed by atoms with van der Waals surface area (Å²) in [6.07, 6.45) is 0. The van der Waals surface area contributed by atoms with Crippen LogP contribution in [0.5, 0.6) is 5.75 Å². The topological polar surface area (TPSA) is 47.0 Å². The van der Waals surface area contributed by atoms with Gasteiger partial charge in [-0.2, -0.15) is 8.78 Å². The molecule has 19 heavy (non-hydrogen) atoms. The monoisotopic (exact) mass is 285 g/mol. The summed E-state index contributed by atoms with van der Waals surface area (Å²) in [5, 5.41) is 2.94. The third kappa shape index (κ3) is 3.75. The van der Waals surface area contributed by atoms with Gasteiger partial charge in [-0.25, -0.2) is 9.97 Å². The average molecular weight is 286 g/mol. The molecule has 0 amide bonds. The van der Waals surface area contributed by atoms with E-state index in [1.54, 1.807) is 31.2 Å². The Labute approximate surface area is 113 Å². The van der Waals surface area contributed by atoms with Crippen molar-refractivity contribution in [1.82, 2.24) is 9.97 Å². The van der Waals surface area contributed by atoms with Gasteiger partial charge in [0.2, 0.25) is 5.28 Å². The van der Waals surface area contributed by atoms with Crippen LogP contribution in [0.1, 0.15) is 5.69 Å². The lowest BCUT2D eigenvalue weighted by molar-refractivity contribution is -0.0493. The smallest absolute Gasteiger partial charge is 0.387 e. The number of aryl methyl sites for hydroxylation is 1. The second kappa shape index (κ2) is 5.79. The molecule has 2 rings (SSSR count). The number of aromatic nitrogens is 2. The minimum absolute atomic E-state index is 0.0323. The van der Waals surface area contributed by atoms with Gasteiger partial charge in [0.1, 0.15) is 11.6 Å². The zero-order chi connectivity index (χ0) is 13.8. The molecular weight excluding hydrogens is 276 g/mol. The summed E-state index contributed by atoms with van der Waals surface area (Å²) in [6.45, 7) is -1.14. The molecule has 1 aromatic carbocycles. The van der Waals surface area contributed by atoms with Crippen LogP contribution in [0.4, 0.5) is 20.3 Å². The molecule has 0 aliphatic rings. The standard InChI is InChI=1S/C12H10ClF2N3O/c1-7-6-10(18-11(13)16-7)17-8-4-2-3-5-9(8)19-12(14)15/h2-6,12H,1H3,(H,16,17,18). The summed E-state index contributed by atoms with van der Waals surface area (Å²) in [4.78, 5) is 7.86. The number of rotatable bonds is 4. The predicted octanol–water partition coefficient (Wildman–Crippen LogP) is 3.78. The Morgan fingerprint density at radius 1 is 1.26 bits per heavy atom. The Bertz CT molecular complexity index is 560. The summed E-state index contributed by atoms with van der Waals surface area (Å²) < 4.78 is 28.9. The summed E-state index contributed by atoms with van der Waals surface area (Å²) in [5.41, 5.74) is 1.03. The van der Waals surface area contributed by atoms with Crippen LogP contribution >= 0.6 is 11.6 Å². The Morgan fingerprint density at radius 2 is 2.00 bits per heavy atom. The molecule has 0 unspecified atom stereocenters. The zero-order valence-corrected chi connectivity index (χ0v) is 10.7. The van der Waals surface area contributed by atoms with Gasteiger partial charge in [0.25, 0.3) is 0 Å². The lowest BCUT2D eigenvalue weighted by Gasteiger charge is -2.12. The van der Waals surface area contributed by atoms with Gasteiger partial charge in [-0.15, -0.1) is 0 Å². The van der Waals surface area contributed by atoms with E-state index in [4.69, 9.17) is 11.6 Å². The maximum atomic E-state index is 12.3. The summed E-state index contributed by atoms with van der Waals surface area (Å²) in [5.74, 6) is 0.438. The molecule has 2 aromatic rings. The van der Waals surface area contributed by atoms with Crippen LogP contribution in [-0.4, -0.2) is 16.6 Å². The highest BCUT2D eigenvalue weighted by atomic mass is 35.5. The number of halogens is 3. The number of alkyl halides is 2. The van der Waals surface area contributed by atoms with Gasteiger partial charge in [0.15, 0.2) is 0 Å². The fourth-order valence-electron chi connectivity index (χ4n) is 1.50. The highest BCUT2D eigenvalue weighted by Crippen LogP contribution is 2.28. The Hall–Kier alpha value is -1.95. The van der Waals surface area contributed by atoms with Crippen LogP contribution in [0, 0.1) is 6.92 Å². The largest absolute Gasteiger partial charge is 0.433 e. The number of nitrogens with zero attached hydrogens (tertiary/aromatic N) is 2. The van der Waals surface area contributed by atoms with Gasteiger partial charge in [-0.05, 0) is 30.7 Å². The van der Waals surface area contributed by atoms with Crippen molar-refractivity contribution in [3.63, 3.8) is 0 Å². The molecular formula is C12H10ClF2N3O. The first-order valence-electron chi connectivity index (χ1n) is 5.36. The fraction of sp³-hybridized carbons (Fsp3) is 0.167. The van der Waals surface area contributed by atoms with E-state index >= 15 is 0 Å². The van der Waals surface area contributed by atoms with Crippen LogP contribution in [0.2, 0.25) is 5.28 Å². The summed E-state index contributed by atoms with van der Waals surface area (Å²) in [6, 6.07) is 7.97. The normalized spacial score (nSPS) is 10.6. The number of nitrogens with one attached hydrogen (secondary N) is 1.